The van der Waals surface area contributed by atoms with Crippen molar-refractivity contribution in [1.29, 1.82) is 0 Å². The van der Waals surface area contributed by atoms with Gasteiger partial charge in [-0.2, -0.15) is 0 Å². The van der Waals surface area contributed by atoms with Crippen LogP contribution in [0.2, 0.25) is 0 Å². The maximum absolute atomic E-state index is 5.87. The lowest BCUT2D eigenvalue weighted by Gasteiger charge is -2.31. The Kier molecular flexibility index (Phi) is 3.76. The lowest BCUT2D eigenvalue weighted by molar-refractivity contribution is -0.00826. The van der Waals surface area contributed by atoms with Crippen molar-refractivity contribution in [1.82, 2.24) is 4.90 Å². The number of likely N-dealkylation sites (N-methyl/N-ethyl adjacent to an activating group) is 1. The molecule has 2 unspecified atom stereocenters. The van der Waals surface area contributed by atoms with Crippen molar-refractivity contribution < 1.29 is 4.74 Å². The predicted molar refractivity (Wildman–Crippen MR) is 78.1 cm³/mol. The number of nitrogen functional groups attached to an aromatic ring is 1. The van der Waals surface area contributed by atoms with Crippen molar-refractivity contribution in [2.45, 2.75) is 44.2 Å². The van der Waals surface area contributed by atoms with E-state index in [4.69, 9.17) is 10.5 Å². The van der Waals surface area contributed by atoms with Crippen LogP contribution in [0.4, 0.5) is 5.69 Å². The highest BCUT2D eigenvalue weighted by Crippen LogP contribution is 2.36. The number of hydrogen-bond donors (Lipinski definition) is 1. The van der Waals surface area contributed by atoms with E-state index in [-0.39, 0.29) is 0 Å². The van der Waals surface area contributed by atoms with E-state index in [0.29, 0.717) is 12.1 Å². The molecule has 1 aliphatic heterocycles. The summed E-state index contributed by atoms with van der Waals surface area (Å²) in [5.41, 5.74) is 9.65. The minimum Gasteiger partial charge on any atom is -0.399 e. The smallest absolute Gasteiger partial charge is 0.0702 e. The monoisotopic (exact) mass is 260 g/mol. The highest BCUT2D eigenvalue weighted by atomic mass is 16.5. The Morgan fingerprint density at radius 3 is 3.00 bits per heavy atom. The van der Waals surface area contributed by atoms with Crippen LogP contribution < -0.4 is 5.73 Å². The quantitative estimate of drug-likeness (QED) is 0.849. The zero-order valence-electron chi connectivity index (χ0n) is 11.8. The summed E-state index contributed by atoms with van der Waals surface area (Å²) in [5.74, 6) is 0. The van der Waals surface area contributed by atoms with Gasteiger partial charge in [0.05, 0.1) is 6.10 Å². The molecule has 0 amide bonds. The van der Waals surface area contributed by atoms with Gasteiger partial charge in [-0.25, -0.2) is 0 Å². The normalized spacial score (nSPS) is 26.6. The minimum atomic E-state index is 0.427. The average molecular weight is 260 g/mol. The van der Waals surface area contributed by atoms with Gasteiger partial charge in [-0.05, 0) is 62.4 Å². The molecular formula is C16H24N2O. The molecule has 1 aliphatic carbocycles. The van der Waals surface area contributed by atoms with Gasteiger partial charge in [0.1, 0.15) is 0 Å². The van der Waals surface area contributed by atoms with Gasteiger partial charge in [-0.15, -0.1) is 0 Å². The molecular weight excluding hydrogens is 236 g/mol. The maximum atomic E-state index is 5.87. The molecule has 0 aromatic heterocycles. The van der Waals surface area contributed by atoms with Gasteiger partial charge in [-0.1, -0.05) is 6.07 Å². The van der Waals surface area contributed by atoms with Crippen LogP contribution in [0.5, 0.6) is 0 Å². The first kappa shape index (κ1) is 12.9. The Morgan fingerprint density at radius 2 is 2.21 bits per heavy atom. The second kappa shape index (κ2) is 5.51. The van der Waals surface area contributed by atoms with Crippen LogP contribution in [-0.2, 0) is 11.2 Å². The van der Waals surface area contributed by atoms with E-state index in [1.54, 1.807) is 0 Å². The summed E-state index contributed by atoms with van der Waals surface area (Å²) in [4.78, 5) is 2.47. The van der Waals surface area contributed by atoms with Gasteiger partial charge in [-0.3, -0.25) is 4.90 Å². The number of aryl methyl sites for hydroxylation is 1. The number of anilines is 1. The summed E-state index contributed by atoms with van der Waals surface area (Å²) < 4.78 is 5.85. The zero-order chi connectivity index (χ0) is 13.2. The van der Waals surface area contributed by atoms with Crippen molar-refractivity contribution in [2.75, 3.05) is 25.9 Å². The largest absolute Gasteiger partial charge is 0.399 e. The fourth-order valence-electron chi connectivity index (χ4n) is 3.47. The molecule has 1 aromatic rings. The van der Waals surface area contributed by atoms with Crippen LogP contribution in [0.15, 0.2) is 18.2 Å². The second-order valence-electron chi connectivity index (χ2n) is 5.94. The predicted octanol–water partition coefficient (Wildman–Crippen LogP) is 2.76. The first-order chi connectivity index (χ1) is 9.24. The number of nitrogens with two attached hydrogens (primary N) is 1. The third-order valence-electron chi connectivity index (χ3n) is 4.51. The van der Waals surface area contributed by atoms with Crippen molar-refractivity contribution >= 4 is 5.69 Å². The average Bonchev–Trinajstić information content (AvgIpc) is 2.82. The zero-order valence-corrected chi connectivity index (χ0v) is 11.8. The number of fused-ring (bicyclic) bond motifs is 1. The molecule has 0 bridgehead atoms. The van der Waals surface area contributed by atoms with E-state index in [9.17, 15) is 0 Å². The van der Waals surface area contributed by atoms with Crippen LogP contribution >= 0.6 is 0 Å². The molecule has 2 atom stereocenters. The van der Waals surface area contributed by atoms with Gasteiger partial charge in [0.15, 0.2) is 0 Å². The number of rotatable bonds is 3. The van der Waals surface area contributed by atoms with Gasteiger partial charge in [0.25, 0.3) is 0 Å². The molecule has 0 saturated carbocycles. The van der Waals surface area contributed by atoms with Crippen molar-refractivity contribution in [2.24, 2.45) is 0 Å². The molecule has 0 spiro atoms. The van der Waals surface area contributed by atoms with E-state index in [2.05, 4.69) is 24.1 Å². The van der Waals surface area contributed by atoms with E-state index in [1.807, 2.05) is 6.07 Å². The van der Waals surface area contributed by atoms with E-state index in [1.165, 1.54) is 36.8 Å². The lowest BCUT2D eigenvalue weighted by Crippen LogP contribution is -2.35. The number of nitrogens with zero attached hydrogens (tertiary/aromatic N) is 1. The summed E-state index contributed by atoms with van der Waals surface area (Å²) in [7, 11) is 2.23. The molecule has 2 aliphatic rings. The summed E-state index contributed by atoms with van der Waals surface area (Å²) in [6.45, 7) is 1.99. The molecule has 19 heavy (non-hydrogen) atoms. The summed E-state index contributed by atoms with van der Waals surface area (Å²) >= 11 is 0. The van der Waals surface area contributed by atoms with E-state index < -0.39 is 0 Å². The van der Waals surface area contributed by atoms with E-state index in [0.717, 1.165) is 25.3 Å². The Bertz CT molecular complexity index is 440. The van der Waals surface area contributed by atoms with Crippen molar-refractivity contribution in [3.05, 3.63) is 29.3 Å². The summed E-state index contributed by atoms with van der Waals surface area (Å²) in [6.07, 6.45) is 6.55. The molecule has 2 N–H and O–H groups in total. The third kappa shape index (κ3) is 2.77. The molecule has 0 radical (unpaired) electrons. The van der Waals surface area contributed by atoms with Gasteiger partial charge >= 0.3 is 0 Å². The lowest BCUT2D eigenvalue weighted by atomic mass is 10.0. The van der Waals surface area contributed by atoms with Crippen LogP contribution in [0, 0.1) is 0 Å². The maximum Gasteiger partial charge on any atom is 0.0702 e. The molecule has 1 fully saturated rings. The fraction of sp³-hybridized carbons (Fsp3) is 0.625. The third-order valence-corrected chi connectivity index (χ3v) is 4.51. The number of benzene rings is 1. The molecule has 1 aromatic carbocycles. The molecule has 3 nitrogen and oxygen atoms in total. The standard InChI is InChI=1S/C16H24N2O/c1-18(11-14-4-2-3-9-19-14)16-8-5-12-10-13(17)6-7-15(12)16/h6-7,10,14,16H,2-5,8-9,11,17H2,1H3. The van der Waals surface area contributed by atoms with Gasteiger partial charge in [0, 0.05) is 24.9 Å². The summed E-state index contributed by atoms with van der Waals surface area (Å²) in [5, 5.41) is 0. The molecule has 3 heteroatoms. The molecule has 3 rings (SSSR count). The minimum absolute atomic E-state index is 0.427. The van der Waals surface area contributed by atoms with Crippen LogP contribution in [-0.4, -0.2) is 31.2 Å². The fourth-order valence-corrected chi connectivity index (χ4v) is 3.47. The van der Waals surface area contributed by atoms with Crippen molar-refractivity contribution in [3.63, 3.8) is 0 Å². The summed E-state index contributed by atoms with van der Waals surface area (Å²) in [6, 6.07) is 6.92. The SMILES string of the molecule is CN(CC1CCCCO1)C1CCc2cc(N)ccc21. The van der Waals surface area contributed by atoms with Crippen LogP contribution in [0.1, 0.15) is 42.9 Å². The number of ether oxygens (including phenoxy) is 1. The highest BCUT2D eigenvalue weighted by molar-refractivity contribution is 5.47. The van der Waals surface area contributed by atoms with Gasteiger partial charge < -0.3 is 10.5 Å². The second-order valence-corrected chi connectivity index (χ2v) is 5.94. The number of hydrogen-bond acceptors (Lipinski definition) is 3. The molecule has 1 heterocycles. The molecule has 104 valence electrons. The van der Waals surface area contributed by atoms with Crippen LogP contribution in [0.25, 0.3) is 0 Å². The topological polar surface area (TPSA) is 38.5 Å². The Hall–Kier alpha value is -1.06. The van der Waals surface area contributed by atoms with E-state index >= 15 is 0 Å². The van der Waals surface area contributed by atoms with Gasteiger partial charge in [0.2, 0.25) is 0 Å². The Labute approximate surface area is 115 Å². The first-order valence-electron chi connectivity index (χ1n) is 7.44. The first-order valence-corrected chi connectivity index (χ1v) is 7.44. The Morgan fingerprint density at radius 1 is 1.32 bits per heavy atom. The van der Waals surface area contributed by atoms with Crippen molar-refractivity contribution in [3.8, 4) is 0 Å². The molecule has 1 saturated heterocycles. The highest BCUT2D eigenvalue weighted by Gasteiger charge is 2.27. The van der Waals surface area contributed by atoms with Crippen LogP contribution in [0.3, 0.4) is 0 Å². The Balaban J connectivity index is 1.67.